The lowest BCUT2D eigenvalue weighted by atomic mass is 10.1. The molecule has 6 heteroatoms. The van der Waals surface area contributed by atoms with Gasteiger partial charge in [0.2, 0.25) is 0 Å². The minimum absolute atomic E-state index is 0.0850. The number of ether oxygens (including phenoxy) is 1. The highest BCUT2D eigenvalue weighted by Crippen LogP contribution is 2.31. The van der Waals surface area contributed by atoms with E-state index in [1.54, 1.807) is 13.2 Å². The molecule has 1 N–H and O–H groups in total. The molecule has 0 radical (unpaired) electrons. The number of nitrogens with zero attached hydrogens (tertiary/aromatic N) is 1. The predicted molar refractivity (Wildman–Crippen MR) is 73.6 cm³/mol. The quantitative estimate of drug-likeness (QED) is 0.672. The number of hydrogen-bond acceptors (Lipinski definition) is 5. The molecule has 1 aromatic rings. The molecular weight excluding hydrogens is 252 g/mol. The highest BCUT2D eigenvalue weighted by Gasteiger charge is 2.17. The molecule has 1 aliphatic rings. The summed E-state index contributed by atoms with van der Waals surface area (Å²) >= 11 is 1.91. The van der Waals surface area contributed by atoms with E-state index >= 15 is 0 Å². The second-order valence-electron chi connectivity index (χ2n) is 4.20. The number of rotatable bonds is 4. The Kier molecular flexibility index (Phi) is 4.30. The number of thioether (sulfide) groups is 1. The van der Waals surface area contributed by atoms with Crippen LogP contribution >= 0.6 is 11.8 Å². The lowest BCUT2D eigenvalue weighted by molar-refractivity contribution is -0.384. The molecule has 1 unspecified atom stereocenters. The van der Waals surface area contributed by atoms with Gasteiger partial charge in [0, 0.05) is 23.9 Å². The van der Waals surface area contributed by atoms with E-state index in [0.29, 0.717) is 17.5 Å². The third-order valence-corrected chi connectivity index (χ3v) is 4.13. The highest BCUT2D eigenvalue weighted by atomic mass is 32.2. The van der Waals surface area contributed by atoms with Crippen LogP contribution in [0, 0.1) is 10.1 Å². The highest BCUT2D eigenvalue weighted by molar-refractivity contribution is 7.99. The first-order valence-corrected chi connectivity index (χ1v) is 7.03. The van der Waals surface area contributed by atoms with E-state index in [9.17, 15) is 10.1 Å². The fraction of sp³-hybridized carbons (Fsp3) is 0.500. The minimum Gasteiger partial charge on any atom is -0.495 e. The van der Waals surface area contributed by atoms with E-state index in [1.807, 2.05) is 11.8 Å². The standard InChI is InChI=1S/C12H16N2O3S/c1-17-12-5-4-10(14(15)16)7-11(12)13-9-3-2-6-18-8-9/h4-5,7,9,13H,2-3,6,8H2,1H3. The summed E-state index contributed by atoms with van der Waals surface area (Å²) in [6.45, 7) is 0. The summed E-state index contributed by atoms with van der Waals surface area (Å²) in [6.07, 6.45) is 2.28. The number of hydrogen-bond donors (Lipinski definition) is 1. The van der Waals surface area contributed by atoms with Crippen molar-refractivity contribution in [1.82, 2.24) is 0 Å². The maximum atomic E-state index is 10.8. The first-order chi connectivity index (χ1) is 8.70. The van der Waals surface area contributed by atoms with Crippen molar-refractivity contribution in [1.29, 1.82) is 0 Å². The molecule has 0 aliphatic carbocycles. The Morgan fingerprint density at radius 3 is 3.00 bits per heavy atom. The first-order valence-electron chi connectivity index (χ1n) is 5.87. The van der Waals surface area contributed by atoms with Gasteiger partial charge in [-0.3, -0.25) is 10.1 Å². The van der Waals surface area contributed by atoms with Gasteiger partial charge in [0.15, 0.2) is 0 Å². The summed E-state index contributed by atoms with van der Waals surface area (Å²) in [5.74, 6) is 2.88. The topological polar surface area (TPSA) is 64.4 Å². The smallest absolute Gasteiger partial charge is 0.271 e. The fourth-order valence-corrected chi connectivity index (χ4v) is 3.07. The van der Waals surface area contributed by atoms with Gasteiger partial charge >= 0.3 is 0 Å². The molecule has 1 atom stereocenters. The zero-order valence-corrected chi connectivity index (χ0v) is 11.0. The van der Waals surface area contributed by atoms with Gasteiger partial charge in [-0.15, -0.1) is 0 Å². The Balaban J connectivity index is 2.17. The van der Waals surface area contributed by atoms with Crippen molar-refractivity contribution in [2.24, 2.45) is 0 Å². The Morgan fingerprint density at radius 2 is 2.39 bits per heavy atom. The van der Waals surface area contributed by atoms with E-state index in [-0.39, 0.29) is 10.6 Å². The van der Waals surface area contributed by atoms with Crippen molar-refractivity contribution < 1.29 is 9.66 Å². The molecule has 2 rings (SSSR count). The molecule has 0 bridgehead atoms. The number of anilines is 1. The van der Waals surface area contributed by atoms with Crippen LogP contribution in [0.1, 0.15) is 12.8 Å². The number of methoxy groups -OCH3 is 1. The van der Waals surface area contributed by atoms with Crippen molar-refractivity contribution in [3.05, 3.63) is 28.3 Å². The average Bonchev–Trinajstić information content (AvgIpc) is 2.39. The first kappa shape index (κ1) is 13.0. The molecule has 1 aromatic carbocycles. The summed E-state index contributed by atoms with van der Waals surface area (Å²) in [6, 6.07) is 4.99. The van der Waals surface area contributed by atoms with Crippen LogP contribution < -0.4 is 10.1 Å². The normalized spacial score (nSPS) is 19.3. The Hall–Kier alpha value is -1.43. The number of benzene rings is 1. The summed E-state index contributed by atoms with van der Waals surface area (Å²) in [4.78, 5) is 10.4. The maximum absolute atomic E-state index is 10.8. The predicted octanol–water partition coefficient (Wildman–Crippen LogP) is 2.91. The Bertz CT molecular complexity index is 433. The molecule has 0 aromatic heterocycles. The maximum Gasteiger partial charge on any atom is 0.271 e. The lowest BCUT2D eigenvalue weighted by Gasteiger charge is -2.24. The Morgan fingerprint density at radius 1 is 1.56 bits per heavy atom. The van der Waals surface area contributed by atoms with Crippen LogP contribution in [0.4, 0.5) is 11.4 Å². The van der Waals surface area contributed by atoms with Gasteiger partial charge in [0.1, 0.15) is 5.75 Å². The van der Waals surface area contributed by atoms with Crippen molar-refractivity contribution in [2.45, 2.75) is 18.9 Å². The monoisotopic (exact) mass is 268 g/mol. The van der Waals surface area contributed by atoms with Crippen molar-refractivity contribution in [3.63, 3.8) is 0 Å². The summed E-state index contributed by atoms with van der Waals surface area (Å²) < 4.78 is 5.23. The number of nitrogens with one attached hydrogen (secondary N) is 1. The van der Waals surface area contributed by atoms with Crippen LogP contribution in [0.25, 0.3) is 0 Å². The molecular formula is C12H16N2O3S. The van der Waals surface area contributed by atoms with Gasteiger partial charge in [0.25, 0.3) is 5.69 Å². The van der Waals surface area contributed by atoms with Crippen molar-refractivity contribution in [3.8, 4) is 5.75 Å². The third kappa shape index (κ3) is 3.07. The van der Waals surface area contributed by atoms with Crippen LogP contribution in [0.2, 0.25) is 0 Å². The SMILES string of the molecule is COc1ccc([N+](=O)[O-])cc1NC1CCCSC1. The molecule has 1 heterocycles. The Labute approximate surface area is 110 Å². The molecule has 0 amide bonds. The van der Waals surface area contributed by atoms with Crippen LogP contribution in [0.15, 0.2) is 18.2 Å². The minimum atomic E-state index is -0.389. The van der Waals surface area contributed by atoms with E-state index in [2.05, 4.69) is 5.32 Å². The molecule has 1 saturated heterocycles. The van der Waals surface area contributed by atoms with Gasteiger partial charge in [-0.2, -0.15) is 11.8 Å². The van der Waals surface area contributed by atoms with Gasteiger partial charge in [-0.25, -0.2) is 0 Å². The number of nitro benzene ring substituents is 1. The molecule has 18 heavy (non-hydrogen) atoms. The molecule has 0 spiro atoms. The zero-order chi connectivity index (χ0) is 13.0. The van der Waals surface area contributed by atoms with E-state index in [1.165, 1.54) is 24.3 Å². The van der Waals surface area contributed by atoms with Gasteiger partial charge < -0.3 is 10.1 Å². The van der Waals surface area contributed by atoms with Crippen LogP contribution in [-0.2, 0) is 0 Å². The zero-order valence-electron chi connectivity index (χ0n) is 10.2. The van der Waals surface area contributed by atoms with Gasteiger partial charge in [0.05, 0.1) is 17.7 Å². The molecule has 98 valence electrons. The van der Waals surface area contributed by atoms with Crippen LogP contribution in [0.3, 0.4) is 0 Å². The van der Waals surface area contributed by atoms with Crippen molar-refractivity contribution in [2.75, 3.05) is 23.9 Å². The van der Waals surface area contributed by atoms with Crippen molar-refractivity contribution >= 4 is 23.1 Å². The van der Waals surface area contributed by atoms with Crippen LogP contribution in [-0.4, -0.2) is 29.6 Å². The molecule has 1 aliphatic heterocycles. The third-order valence-electron chi connectivity index (χ3n) is 2.91. The number of nitro groups is 1. The van der Waals surface area contributed by atoms with Gasteiger partial charge in [-0.05, 0) is 24.7 Å². The van der Waals surface area contributed by atoms with Gasteiger partial charge in [-0.1, -0.05) is 0 Å². The second kappa shape index (κ2) is 5.95. The molecule has 5 nitrogen and oxygen atoms in total. The van der Waals surface area contributed by atoms with E-state index in [0.717, 1.165) is 12.2 Å². The summed E-state index contributed by atoms with van der Waals surface area (Å²) in [5.41, 5.74) is 0.793. The summed E-state index contributed by atoms with van der Waals surface area (Å²) in [5, 5.41) is 14.1. The average molecular weight is 268 g/mol. The van der Waals surface area contributed by atoms with Crippen LogP contribution in [0.5, 0.6) is 5.75 Å². The fourth-order valence-electron chi connectivity index (χ4n) is 2.00. The van der Waals surface area contributed by atoms with E-state index < -0.39 is 0 Å². The number of non-ortho nitro benzene ring substituents is 1. The molecule has 1 fully saturated rings. The molecule has 0 saturated carbocycles. The summed E-state index contributed by atoms with van der Waals surface area (Å²) in [7, 11) is 1.57. The van der Waals surface area contributed by atoms with E-state index in [4.69, 9.17) is 4.74 Å². The lowest BCUT2D eigenvalue weighted by Crippen LogP contribution is -2.25. The second-order valence-corrected chi connectivity index (χ2v) is 5.35. The largest absolute Gasteiger partial charge is 0.495 e.